The summed E-state index contributed by atoms with van der Waals surface area (Å²) in [4.78, 5) is 22.5. The first kappa shape index (κ1) is 13.4. The Morgan fingerprint density at radius 3 is 2.41 bits per heavy atom. The molecule has 1 rings (SSSR count). The van der Waals surface area contributed by atoms with Crippen molar-refractivity contribution in [2.45, 2.75) is 19.9 Å². The lowest BCUT2D eigenvalue weighted by Gasteiger charge is -2.17. The van der Waals surface area contributed by atoms with Crippen molar-refractivity contribution in [3.05, 3.63) is 23.0 Å². The number of nitrogens with zero attached hydrogens (tertiary/aromatic N) is 2. The van der Waals surface area contributed by atoms with Crippen LogP contribution in [0.25, 0.3) is 0 Å². The van der Waals surface area contributed by atoms with E-state index in [4.69, 9.17) is 16.7 Å². The SMILES string of the molecule is CC(C)[C@@H](NC(=O)c1ccc(Cl)nn1)C(=O)O. The third-order valence-electron chi connectivity index (χ3n) is 2.08. The van der Waals surface area contributed by atoms with Gasteiger partial charge in [-0.25, -0.2) is 4.79 Å². The molecule has 7 heteroatoms. The number of halogens is 1. The Labute approximate surface area is 103 Å². The molecule has 0 unspecified atom stereocenters. The van der Waals surface area contributed by atoms with Crippen molar-refractivity contribution >= 4 is 23.5 Å². The summed E-state index contributed by atoms with van der Waals surface area (Å²) in [5.74, 6) is -1.90. The lowest BCUT2D eigenvalue weighted by Crippen LogP contribution is -2.44. The first-order valence-corrected chi connectivity index (χ1v) is 5.32. The molecule has 1 atom stereocenters. The molecule has 0 bridgehead atoms. The molecule has 0 aromatic carbocycles. The van der Waals surface area contributed by atoms with Crippen LogP contribution in [0.1, 0.15) is 24.3 Å². The predicted molar refractivity (Wildman–Crippen MR) is 60.8 cm³/mol. The predicted octanol–water partition coefficient (Wildman–Crippen LogP) is 0.969. The fraction of sp³-hybridized carbons (Fsp3) is 0.400. The van der Waals surface area contributed by atoms with E-state index in [0.29, 0.717) is 0 Å². The van der Waals surface area contributed by atoms with Gasteiger partial charge in [-0.05, 0) is 18.1 Å². The minimum Gasteiger partial charge on any atom is -0.480 e. The van der Waals surface area contributed by atoms with Crippen LogP contribution in [0.3, 0.4) is 0 Å². The summed E-state index contributed by atoms with van der Waals surface area (Å²) in [6, 6.07) is 1.83. The van der Waals surface area contributed by atoms with Crippen molar-refractivity contribution in [1.29, 1.82) is 0 Å². The summed E-state index contributed by atoms with van der Waals surface area (Å²) in [7, 11) is 0. The highest BCUT2D eigenvalue weighted by Crippen LogP contribution is 2.05. The van der Waals surface area contributed by atoms with Crippen LogP contribution in [0.15, 0.2) is 12.1 Å². The second kappa shape index (κ2) is 5.58. The maximum atomic E-state index is 11.7. The number of carboxylic acids is 1. The van der Waals surface area contributed by atoms with Gasteiger partial charge >= 0.3 is 5.97 Å². The molecule has 0 aliphatic carbocycles. The largest absolute Gasteiger partial charge is 0.480 e. The first-order chi connectivity index (χ1) is 7.91. The van der Waals surface area contributed by atoms with Crippen molar-refractivity contribution in [1.82, 2.24) is 15.5 Å². The number of carbonyl (C=O) groups excluding carboxylic acids is 1. The lowest BCUT2D eigenvalue weighted by molar-refractivity contribution is -0.140. The Bertz CT molecular complexity index is 419. The third kappa shape index (κ3) is 3.67. The first-order valence-electron chi connectivity index (χ1n) is 4.94. The highest BCUT2D eigenvalue weighted by atomic mass is 35.5. The highest BCUT2D eigenvalue weighted by molar-refractivity contribution is 6.29. The van der Waals surface area contributed by atoms with E-state index in [0.717, 1.165) is 0 Å². The number of carboxylic acid groups (broad SMARTS) is 1. The molecular weight excluding hydrogens is 246 g/mol. The fourth-order valence-corrected chi connectivity index (χ4v) is 1.27. The summed E-state index contributed by atoms with van der Waals surface area (Å²) < 4.78 is 0. The van der Waals surface area contributed by atoms with Gasteiger partial charge in [-0.15, -0.1) is 10.2 Å². The molecule has 1 aromatic rings. The molecular formula is C10H12ClN3O3. The molecule has 1 heterocycles. The van der Waals surface area contributed by atoms with Gasteiger partial charge in [-0.2, -0.15) is 0 Å². The van der Waals surface area contributed by atoms with Crippen LogP contribution in [0.4, 0.5) is 0 Å². The van der Waals surface area contributed by atoms with E-state index in [-0.39, 0.29) is 16.8 Å². The quantitative estimate of drug-likeness (QED) is 0.838. The fourth-order valence-electron chi connectivity index (χ4n) is 1.17. The molecule has 0 fully saturated rings. The number of rotatable bonds is 4. The van der Waals surface area contributed by atoms with Crippen LogP contribution >= 0.6 is 11.6 Å². The number of nitrogens with one attached hydrogen (secondary N) is 1. The van der Waals surface area contributed by atoms with Crippen LogP contribution in [0.2, 0.25) is 5.15 Å². The lowest BCUT2D eigenvalue weighted by atomic mass is 10.0. The molecule has 1 aromatic heterocycles. The van der Waals surface area contributed by atoms with E-state index in [1.165, 1.54) is 12.1 Å². The summed E-state index contributed by atoms with van der Waals surface area (Å²) >= 11 is 5.52. The molecule has 2 N–H and O–H groups in total. The molecule has 1 amide bonds. The van der Waals surface area contributed by atoms with Gasteiger partial charge in [0.15, 0.2) is 10.8 Å². The number of hydrogen-bond acceptors (Lipinski definition) is 4. The van der Waals surface area contributed by atoms with E-state index in [9.17, 15) is 9.59 Å². The molecule has 92 valence electrons. The van der Waals surface area contributed by atoms with Gasteiger partial charge in [0, 0.05) is 0 Å². The standard InChI is InChI=1S/C10H12ClN3O3/c1-5(2)8(10(16)17)12-9(15)6-3-4-7(11)14-13-6/h3-5,8H,1-2H3,(H,12,15)(H,16,17)/t8-/m1/s1. The smallest absolute Gasteiger partial charge is 0.326 e. The second-order valence-electron chi connectivity index (χ2n) is 3.77. The molecule has 0 spiro atoms. The molecule has 6 nitrogen and oxygen atoms in total. The van der Waals surface area contributed by atoms with Gasteiger partial charge in [0.2, 0.25) is 0 Å². The Morgan fingerprint density at radius 1 is 1.35 bits per heavy atom. The normalized spacial score (nSPS) is 12.2. The van der Waals surface area contributed by atoms with Crippen molar-refractivity contribution in [3.63, 3.8) is 0 Å². The minimum absolute atomic E-state index is 0.0290. The molecule has 0 aliphatic heterocycles. The van der Waals surface area contributed by atoms with E-state index in [2.05, 4.69) is 15.5 Å². The van der Waals surface area contributed by atoms with E-state index in [1.807, 2.05) is 0 Å². The number of aliphatic carboxylic acids is 1. The van der Waals surface area contributed by atoms with Gasteiger partial charge in [-0.1, -0.05) is 25.4 Å². The summed E-state index contributed by atoms with van der Waals surface area (Å²) in [6.45, 7) is 3.40. The molecule has 0 saturated carbocycles. The van der Waals surface area contributed by atoms with Crippen molar-refractivity contribution in [2.24, 2.45) is 5.92 Å². The zero-order valence-electron chi connectivity index (χ0n) is 9.35. The van der Waals surface area contributed by atoms with E-state index in [1.54, 1.807) is 13.8 Å². The molecule has 0 radical (unpaired) electrons. The zero-order valence-corrected chi connectivity index (χ0v) is 10.1. The van der Waals surface area contributed by atoms with Crippen molar-refractivity contribution < 1.29 is 14.7 Å². The Kier molecular flexibility index (Phi) is 4.39. The monoisotopic (exact) mass is 257 g/mol. The summed E-state index contributed by atoms with van der Waals surface area (Å²) in [5, 5.41) is 18.5. The maximum absolute atomic E-state index is 11.7. The zero-order chi connectivity index (χ0) is 13.0. The summed E-state index contributed by atoms with van der Waals surface area (Å²) in [6.07, 6.45) is 0. The number of carbonyl (C=O) groups is 2. The number of hydrogen-bond donors (Lipinski definition) is 2. The Hall–Kier alpha value is -1.69. The molecule has 17 heavy (non-hydrogen) atoms. The third-order valence-corrected chi connectivity index (χ3v) is 2.29. The van der Waals surface area contributed by atoms with Crippen molar-refractivity contribution in [2.75, 3.05) is 0 Å². The number of aromatic nitrogens is 2. The number of amides is 1. The maximum Gasteiger partial charge on any atom is 0.326 e. The average molecular weight is 258 g/mol. The van der Waals surface area contributed by atoms with Gasteiger partial charge in [-0.3, -0.25) is 4.79 Å². The van der Waals surface area contributed by atoms with Crippen molar-refractivity contribution in [3.8, 4) is 0 Å². The van der Waals surface area contributed by atoms with E-state index >= 15 is 0 Å². The van der Waals surface area contributed by atoms with E-state index < -0.39 is 17.9 Å². The average Bonchev–Trinajstić information content (AvgIpc) is 2.25. The second-order valence-corrected chi connectivity index (χ2v) is 4.16. The van der Waals surface area contributed by atoms with Crippen LogP contribution in [0.5, 0.6) is 0 Å². The highest BCUT2D eigenvalue weighted by Gasteiger charge is 2.24. The van der Waals surface area contributed by atoms with Crippen LogP contribution in [-0.4, -0.2) is 33.2 Å². The summed E-state index contributed by atoms with van der Waals surface area (Å²) in [5.41, 5.74) is 0.0290. The molecule has 0 aliphatic rings. The Balaban J connectivity index is 2.77. The van der Waals surface area contributed by atoms with Gasteiger partial charge in [0.25, 0.3) is 5.91 Å². The van der Waals surface area contributed by atoms with Crippen LogP contribution in [-0.2, 0) is 4.79 Å². The molecule has 0 saturated heterocycles. The van der Waals surface area contributed by atoms with Gasteiger partial charge < -0.3 is 10.4 Å². The van der Waals surface area contributed by atoms with Crippen LogP contribution in [0, 0.1) is 5.92 Å². The topological polar surface area (TPSA) is 92.2 Å². The Morgan fingerprint density at radius 2 is 2.00 bits per heavy atom. The minimum atomic E-state index is -1.09. The van der Waals surface area contributed by atoms with Crippen LogP contribution < -0.4 is 5.32 Å². The van der Waals surface area contributed by atoms with Gasteiger partial charge in [0.05, 0.1) is 0 Å². The van der Waals surface area contributed by atoms with Gasteiger partial charge in [0.1, 0.15) is 6.04 Å².